The van der Waals surface area contributed by atoms with E-state index in [1.807, 2.05) is 0 Å². The van der Waals surface area contributed by atoms with Crippen molar-refractivity contribution >= 4 is 52.3 Å². The molecule has 1 aliphatic heterocycles. The van der Waals surface area contributed by atoms with Crippen LogP contribution in [-0.4, -0.2) is 53.9 Å². The number of phenols is 1. The standard InChI is InChI=1S/C19H15NO7S2/c1-26-16(22)9-20-17(23)15(29-19(20)25)8-11-4-6-14(28-11)10-3-5-13(21)12(7-10)18(24)27-2/h3-8,21H,9H2,1-2H3/b15-8-. The number of nitrogens with zero attached hydrogens (tertiary/aromatic N) is 1. The van der Waals surface area contributed by atoms with Gasteiger partial charge in [0.25, 0.3) is 11.1 Å². The summed E-state index contributed by atoms with van der Waals surface area (Å²) in [5.74, 6) is -2.07. The summed E-state index contributed by atoms with van der Waals surface area (Å²) < 4.78 is 9.15. The molecule has 1 aromatic carbocycles. The lowest BCUT2D eigenvalue weighted by atomic mass is 10.1. The fourth-order valence-electron chi connectivity index (χ4n) is 2.51. The molecule has 3 rings (SSSR count). The minimum Gasteiger partial charge on any atom is -0.507 e. The molecular formula is C19H15NO7S2. The van der Waals surface area contributed by atoms with Crippen LogP contribution in [0.1, 0.15) is 15.2 Å². The number of benzene rings is 1. The number of phenolic OH excluding ortho intramolecular Hbond substituents is 1. The first-order valence-electron chi connectivity index (χ1n) is 8.17. The van der Waals surface area contributed by atoms with Gasteiger partial charge in [0.05, 0.1) is 19.1 Å². The van der Waals surface area contributed by atoms with E-state index in [2.05, 4.69) is 9.47 Å². The van der Waals surface area contributed by atoms with Crippen LogP contribution < -0.4 is 0 Å². The number of rotatable bonds is 5. The van der Waals surface area contributed by atoms with E-state index < -0.39 is 29.6 Å². The zero-order chi connectivity index (χ0) is 21.1. The molecule has 1 aliphatic rings. The van der Waals surface area contributed by atoms with Gasteiger partial charge in [-0.1, -0.05) is 0 Å². The van der Waals surface area contributed by atoms with E-state index in [9.17, 15) is 24.3 Å². The number of esters is 2. The Morgan fingerprint density at radius 2 is 1.90 bits per heavy atom. The van der Waals surface area contributed by atoms with E-state index in [0.717, 1.165) is 21.5 Å². The van der Waals surface area contributed by atoms with Gasteiger partial charge >= 0.3 is 11.9 Å². The van der Waals surface area contributed by atoms with Gasteiger partial charge in [0.2, 0.25) is 0 Å². The fourth-order valence-corrected chi connectivity index (χ4v) is 4.36. The molecule has 0 atom stereocenters. The van der Waals surface area contributed by atoms with Gasteiger partial charge < -0.3 is 14.6 Å². The third-order valence-corrected chi connectivity index (χ3v) is 5.96. The number of carbonyl (C=O) groups is 4. The topological polar surface area (TPSA) is 110 Å². The molecule has 0 radical (unpaired) electrons. The molecule has 2 amide bonds. The largest absolute Gasteiger partial charge is 0.507 e. The highest BCUT2D eigenvalue weighted by atomic mass is 32.2. The second kappa shape index (κ2) is 8.50. The van der Waals surface area contributed by atoms with Gasteiger partial charge in [-0.15, -0.1) is 11.3 Å². The maximum absolute atomic E-state index is 12.4. The predicted molar refractivity (Wildman–Crippen MR) is 107 cm³/mol. The normalized spacial score (nSPS) is 15.1. The van der Waals surface area contributed by atoms with Crippen LogP contribution in [0.3, 0.4) is 0 Å². The third-order valence-electron chi connectivity index (χ3n) is 3.97. The molecule has 0 unspecified atom stereocenters. The maximum atomic E-state index is 12.4. The Morgan fingerprint density at radius 3 is 2.59 bits per heavy atom. The Hall–Kier alpha value is -3.11. The second-order valence-corrected chi connectivity index (χ2v) is 7.88. The predicted octanol–water partition coefficient (Wildman–Crippen LogP) is 3.12. The summed E-state index contributed by atoms with van der Waals surface area (Å²) in [6.45, 7) is -0.433. The number of ether oxygens (including phenoxy) is 2. The third kappa shape index (κ3) is 4.33. The minimum atomic E-state index is -0.680. The molecule has 0 spiro atoms. The van der Waals surface area contributed by atoms with Crippen LogP contribution in [0.25, 0.3) is 16.5 Å². The van der Waals surface area contributed by atoms with Gasteiger partial charge in [-0.2, -0.15) is 0 Å². The van der Waals surface area contributed by atoms with E-state index >= 15 is 0 Å². The van der Waals surface area contributed by atoms with Crippen LogP contribution in [0, 0.1) is 0 Å². The molecular weight excluding hydrogens is 418 g/mol. The van der Waals surface area contributed by atoms with E-state index in [1.165, 1.54) is 37.7 Å². The van der Waals surface area contributed by atoms with Crippen molar-refractivity contribution in [2.75, 3.05) is 20.8 Å². The van der Waals surface area contributed by atoms with E-state index in [4.69, 9.17) is 0 Å². The summed E-state index contributed by atoms with van der Waals surface area (Å²) in [6, 6.07) is 8.13. The molecule has 29 heavy (non-hydrogen) atoms. The lowest BCUT2D eigenvalue weighted by molar-refractivity contribution is -0.143. The molecule has 0 saturated carbocycles. The number of amides is 2. The molecule has 10 heteroatoms. The van der Waals surface area contributed by atoms with Crippen LogP contribution in [-0.2, 0) is 19.1 Å². The number of thiophene rings is 1. The second-order valence-electron chi connectivity index (χ2n) is 5.77. The van der Waals surface area contributed by atoms with Crippen molar-refractivity contribution in [3.8, 4) is 16.2 Å². The van der Waals surface area contributed by atoms with Gasteiger partial charge in [-0.3, -0.25) is 19.3 Å². The van der Waals surface area contributed by atoms with Gasteiger partial charge in [0.1, 0.15) is 17.9 Å². The average molecular weight is 433 g/mol. The van der Waals surface area contributed by atoms with Crippen LogP contribution >= 0.6 is 23.1 Å². The molecule has 0 aliphatic carbocycles. The molecule has 8 nitrogen and oxygen atoms in total. The molecule has 0 bridgehead atoms. The zero-order valence-electron chi connectivity index (χ0n) is 15.3. The fraction of sp³-hybridized carbons (Fsp3) is 0.158. The van der Waals surface area contributed by atoms with E-state index in [1.54, 1.807) is 24.3 Å². The van der Waals surface area contributed by atoms with Crippen molar-refractivity contribution in [1.29, 1.82) is 0 Å². The lowest BCUT2D eigenvalue weighted by Gasteiger charge is -2.09. The van der Waals surface area contributed by atoms with Crippen molar-refractivity contribution in [3.63, 3.8) is 0 Å². The van der Waals surface area contributed by atoms with Crippen LogP contribution in [0.5, 0.6) is 5.75 Å². The highest BCUT2D eigenvalue weighted by molar-refractivity contribution is 8.18. The Morgan fingerprint density at radius 1 is 1.14 bits per heavy atom. The Kier molecular flexibility index (Phi) is 6.04. The first-order valence-corrected chi connectivity index (χ1v) is 9.81. The molecule has 2 heterocycles. The van der Waals surface area contributed by atoms with Crippen molar-refractivity contribution in [2.24, 2.45) is 0 Å². The average Bonchev–Trinajstić information content (AvgIpc) is 3.28. The Bertz CT molecular complexity index is 1040. The Balaban J connectivity index is 1.84. The van der Waals surface area contributed by atoms with Crippen molar-refractivity contribution in [3.05, 3.63) is 45.7 Å². The van der Waals surface area contributed by atoms with Crippen molar-refractivity contribution in [1.82, 2.24) is 4.90 Å². The van der Waals surface area contributed by atoms with E-state index in [-0.39, 0.29) is 16.2 Å². The summed E-state index contributed by atoms with van der Waals surface area (Å²) in [6.07, 6.45) is 1.57. The van der Waals surface area contributed by atoms with Crippen LogP contribution in [0.2, 0.25) is 0 Å². The smallest absolute Gasteiger partial charge is 0.341 e. The van der Waals surface area contributed by atoms with Crippen LogP contribution in [0.4, 0.5) is 4.79 Å². The van der Waals surface area contributed by atoms with Gasteiger partial charge in [0.15, 0.2) is 0 Å². The minimum absolute atomic E-state index is 0.0453. The molecule has 1 saturated heterocycles. The van der Waals surface area contributed by atoms with Gasteiger partial charge in [-0.25, -0.2) is 4.79 Å². The zero-order valence-corrected chi connectivity index (χ0v) is 17.0. The monoisotopic (exact) mass is 433 g/mol. The first kappa shape index (κ1) is 20.6. The number of aromatic hydroxyl groups is 1. The summed E-state index contributed by atoms with van der Waals surface area (Å²) in [4.78, 5) is 50.0. The number of methoxy groups -OCH3 is 2. The molecule has 150 valence electrons. The first-order chi connectivity index (χ1) is 13.8. The Labute approximate surface area is 173 Å². The van der Waals surface area contributed by atoms with Gasteiger partial charge in [-0.05, 0) is 53.7 Å². The molecule has 2 aromatic rings. The summed E-state index contributed by atoms with van der Waals surface area (Å²) in [5, 5.41) is 9.28. The summed E-state index contributed by atoms with van der Waals surface area (Å²) >= 11 is 2.08. The van der Waals surface area contributed by atoms with E-state index in [0.29, 0.717) is 10.4 Å². The quantitative estimate of drug-likeness (QED) is 0.566. The summed E-state index contributed by atoms with van der Waals surface area (Å²) in [5.41, 5.74) is 0.732. The van der Waals surface area contributed by atoms with Gasteiger partial charge in [0, 0.05) is 9.75 Å². The highest BCUT2D eigenvalue weighted by Crippen LogP contribution is 2.36. The number of hydrogen-bond donors (Lipinski definition) is 1. The SMILES string of the molecule is COC(=O)CN1C(=O)S/C(=C\c2ccc(-c3ccc(O)c(C(=O)OC)c3)s2)C1=O. The molecule has 1 aromatic heterocycles. The van der Waals surface area contributed by atoms with Crippen molar-refractivity contribution < 1.29 is 33.8 Å². The molecule has 1 fully saturated rings. The number of imide groups is 1. The summed E-state index contributed by atoms with van der Waals surface area (Å²) in [7, 11) is 2.41. The number of carbonyl (C=O) groups excluding carboxylic acids is 4. The molecule has 1 N–H and O–H groups in total. The van der Waals surface area contributed by atoms with Crippen molar-refractivity contribution in [2.45, 2.75) is 0 Å². The lowest BCUT2D eigenvalue weighted by Crippen LogP contribution is -2.34. The van der Waals surface area contributed by atoms with Crippen LogP contribution in [0.15, 0.2) is 35.2 Å². The number of hydrogen-bond acceptors (Lipinski definition) is 9. The maximum Gasteiger partial charge on any atom is 0.341 e. The highest BCUT2D eigenvalue weighted by Gasteiger charge is 2.36. The number of thioether (sulfide) groups is 1.